The van der Waals surface area contributed by atoms with Gasteiger partial charge in [0.25, 0.3) is 11.8 Å². The molecule has 2 amide bonds. The lowest BCUT2D eigenvalue weighted by molar-refractivity contribution is -0.144. The number of aliphatic hydroxyl groups is 1. The van der Waals surface area contributed by atoms with Gasteiger partial charge in [0.1, 0.15) is 6.04 Å². The summed E-state index contributed by atoms with van der Waals surface area (Å²) in [7, 11) is 2.69. The maximum atomic E-state index is 12.3. The van der Waals surface area contributed by atoms with Gasteiger partial charge in [-0.25, -0.2) is 4.79 Å². The summed E-state index contributed by atoms with van der Waals surface area (Å²) in [5.74, 6) is -2.51. The van der Waals surface area contributed by atoms with Crippen molar-refractivity contribution in [2.75, 3.05) is 20.7 Å². The quantitative estimate of drug-likeness (QED) is 0.667. The monoisotopic (exact) mass is 414 g/mol. The maximum Gasteiger partial charge on any atom is 0.328 e. The fourth-order valence-corrected chi connectivity index (χ4v) is 3.04. The minimum absolute atomic E-state index is 0.0202. The molecule has 0 aromatic heterocycles. The van der Waals surface area contributed by atoms with Crippen molar-refractivity contribution < 1.29 is 24.2 Å². The smallest absolute Gasteiger partial charge is 0.328 e. The topological polar surface area (TPSA) is 95.9 Å². The summed E-state index contributed by atoms with van der Waals surface area (Å²) in [5.41, 5.74) is 0.878. The number of benzene rings is 1. The third kappa shape index (κ3) is 5.14. The Morgan fingerprint density at radius 2 is 2.04 bits per heavy atom. The summed E-state index contributed by atoms with van der Waals surface area (Å²) < 4.78 is 4.73. The zero-order chi connectivity index (χ0) is 20.1. The summed E-state index contributed by atoms with van der Waals surface area (Å²) in [5, 5.41) is 13.2. The third-order valence-electron chi connectivity index (χ3n) is 4.24. The maximum absolute atomic E-state index is 12.3. The van der Waals surface area contributed by atoms with Crippen molar-refractivity contribution in [3.8, 4) is 0 Å². The molecule has 1 aliphatic rings. The van der Waals surface area contributed by atoms with Gasteiger partial charge in [0, 0.05) is 7.05 Å². The van der Waals surface area contributed by atoms with Crippen LogP contribution in [0.4, 0.5) is 0 Å². The van der Waals surface area contributed by atoms with Crippen LogP contribution >= 0.6 is 23.2 Å². The van der Waals surface area contributed by atoms with E-state index in [4.69, 9.17) is 27.9 Å². The van der Waals surface area contributed by atoms with Gasteiger partial charge < -0.3 is 20.1 Å². The van der Waals surface area contributed by atoms with Crippen molar-refractivity contribution in [3.63, 3.8) is 0 Å². The number of esters is 1. The van der Waals surface area contributed by atoms with Crippen LogP contribution in [0.2, 0.25) is 10.0 Å². The minimum Gasteiger partial charge on any atom is -0.503 e. The van der Waals surface area contributed by atoms with Crippen LogP contribution in [0, 0.1) is 0 Å². The third-order valence-corrected chi connectivity index (χ3v) is 4.98. The number of carbonyl (C=O) groups excluding carboxylic acids is 3. The highest BCUT2D eigenvalue weighted by Crippen LogP contribution is 2.23. The number of ether oxygens (including phenoxy) is 1. The van der Waals surface area contributed by atoms with Gasteiger partial charge in [-0.1, -0.05) is 29.3 Å². The molecule has 0 radical (unpaired) electrons. The van der Waals surface area contributed by atoms with E-state index in [9.17, 15) is 19.5 Å². The highest BCUT2D eigenvalue weighted by Gasteiger charge is 2.33. The van der Waals surface area contributed by atoms with Gasteiger partial charge in [-0.2, -0.15) is 0 Å². The first-order chi connectivity index (χ1) is 12.7. The molecule has 1 aliphatic heterocycles. The fourth-order valence-electron chi connectivity index (χ4n) is 2.72. The van der Waals surface area contributed by atoms with E-state index in [0.717, 1.165) is 5.56 Å². The molecule has 1 aromatic carbocycles. The van der Waals surface area contributed by atoms with E-state index in [2.05, 4.69) is 5.32 Å². The second-order valence-electron chi connectivity index (χ2n) is 6.18. The molecule has 0 aliphatic carbocycles. The molecule has 2 N–H and O–H groups in total. The second kappa shape index (κ2) is 9.10. The number of nitrogens with one attached hydrogen (secondary N) is 1. The number of nitrogens with zero attached hydrogens (tertiary/aromatic N) is 1. The van der Waals surface area contributed by atoms with Crippen LogP contribution in [0.1, 0.15) is 18.4 Å². The van der Waals surface area contributed by atoms with Crippen molar-refractivity contribution in [2.24, 2.45) is 0 Å². The van der Waals surface area contributed by atoms with Crippen molar-refractivity contribution >= 4 is 41.0 Å². The Morgan fingerprint density at radius 3 is 2.59 bits per heavy atom. The number of likely N-dealkylation sites (N-methyl/N-ethyl adjacent to an activating group) is 1. The molecule has 0 spiro atoms. The number of amides is 2. The molecule has 146 valence electrons. The molecule has 2 rings (SSSR count). The lowest BCUT2D eigenvalue weighted by Crippen LogP contribution is -2.42. The molecule has 1 heterocycles. The summed E-state index contributed by atoms with van der Waals surface area (Å²) in [4.78, 5) is 37.1. The molecular weight excluding hydrogens is 395 g/mol. The first-order valence-electron chi connectivity index (χ1n) is 8.24. The first kappa shape index (κ1) is 21.1. The normalized spacial score (nSPS) is 15.1. The number of methoxy groups -OCH3 is 1. The molecule has 1 atom stereocenters. The van der Waals surface area contributed by atoms with Crippen molar-refractivity contribution in [2.45, 2.75) is 25.3 Å². The number of halogens is 2. The predicted molar refractivity (Wildman–Crippen MR) is 101 cm³/mol. The Kier molecular flexibility index (Phi) is 7.10. The molecule has 0 saturated heterocycles. The standard InChI is InChI=1S/C18H20Cl2N2O5/c1-22-9-11(15(23)17(22)25)16(24)21-14(18(26)27-2)5-3-4-10-6-7-12(19)13(20)8-10/h6-8,14,23H,3-5,9H2,1-2H3,(H,21,24). The minimum atomic E-state index is -0.897. The Morgan fingerprint density at radius 1 is 1.33 bits per heavy atom. The number of hydrogen-bond acceptors (Lipinski definition) is 5. The van der Waals surface area contributed by atoms with Crippen molar-refractivity contribution in [1.29, 1.82) is 0 Å². The average molecular weight is 415 g/mol. The van der Waals surface area contributed by atoms with Crippen molar-refractivity contribution in [1.82, 2.24) is 10.2 Å². The van der Waals surface area contributed by atoms with E-state index < -0.39 is 29.6 Å². The SMILES string of the molecule is COC(=O)C(CCCc1ccc(Cl)c(Cl)c1)NC(=O)C1=C(O)C(=O)N(C)C1. The van der Waals surface area contributed by atoms with Gasteiger partial charge in [0.15, 0.2) is 5.76 Å². The van der Waals surface area contributed by atoms with Gasteiger partial charge in [-0.05, 0) is 37.0 Å². The molecule has 0 fully saturated rings. The molecule has 7 nitrogen and oxygen atoms in total. The fraction of sp³-hybridized carbons (Fsp3) is 0.389. The largest absolute Gasteiger partial charge is 0.503 e. The summed E-state index contributed by atoms with van der Waals surface area (Å²) >= 11 is 11.9. The highest BCUT2D eigenvalue weighted by atomic mass is 35.5. The zero-order valence-corrected chi connectivity index (χ0v) is 16.4. The number of hydrogen-bond donors (Lipinski definition) is 2. The molecule has 0 saturated carbocycles. The van der Waals surface area contributed by atoms with Crippen molar-refractivity contribution in [3.05, 3.63) is 45.1 Å². The van der Waals surface area contributed by atoms with Gasteiger partial charge in [-0.3, -0.25) is 9.59 Å². The van der Waals surface area contributed by atoms with E-state index in [1.165, 1.54) is 19.1 Å². The summed E-state index contributed by atoms with van der Waals surface area (Å²) in [6, 6.07) is 4.38. The van der Waals surface area contributed by atoms with Crippen LogP contribution in [0.3, 0.4) is 0 Å². The van der Waals surface area contributed by atoms with Gasteiger partial charge >= 0.3 is 5.97 Å². The first-order valence-corrected chi connectivity index (χ1v) is 9.00. The van der Waals surface area contributed by atoms with Crippen LogP contribution in [-0.4, -0.2) is 54.5 Å². The number of rotatable bonds is 7. The van der Waals surface area contributed by atoms with E-state index >= 15 is 0 Å². The van der Waals surface area contributed by atoms with Gasteiger partial charge in [-0.15, -0.1) is 0 Å². The molecule has 9 heteroatoms. The second-order valence-corrected chi connectivity index (χ2v) is 6.99. The lowest BCUT2D eigenvalue weighted by atomic mass is 10.0. The van der Waals surface area contributed by atoms with Crippen LogP contribution in [0.15, 0.2) is 29.5 Å². The number of carbonyl (C=O) groups is 3. The molecule has 27 heavy (non-hydrogen) atoms. The van der Waals surface area contributed by atoms with Crippen LogP contribution < -0.4 is 5.32 Å². The molecule has 1 aromatic rings. The number of aliphatic hydroxyl groups excluding tert-OH is 1. The molecular formula is C18H20Cl2N2O5. The van der Waals surface area contributed by atoms with E-state index in [0.29, 0.717) is 29.3 Å². The van der Waals surface area contributed by atoms with Gasteiger partial charge in [0.05, 0.1) is 29.3 Å². The lowest BCUT2D eigenvalue weighted by Gasteiger charge is -2.17. The van der Waals surface area contributed by atoms with Crippen LogP contribution in [0.25, 0.3) is 0 Å². The van der Waals surface area contributed by atoms with Crippen LogP contribution in [-0.2, 0) is 25.5 Å². The average Bonchev–Trinajstić information content (AvgIpc) is 2.90. The zero-order valence-electron chi connectivity index (χ0n) is 14.9. The summed E-state index contributed by atoms with van der Waals surface area (Å²) in [6.07, 6.45) is 1.51. The Hall–Kier alpha value is -2.25. The highest BCUT2D eigenvalue weighted by molar-refractivity contribution is 6.42. The van der Waals surface area contributed by atoms with E-state index in [1.807, 2.05) is 6.07 Å². The van der Waals surface area contributed by atoms with Gasteiger partial charge in [0.2, 0.25) is 0 Å². The Balaban J connectivity index is 1.99. The predicted octanol–water partition coefficient (Wildman–Crippen LogP) is 2.26. The molecule has 1 unspecified atom stereocenters. The molecule has 0 bridgehead atoms. The van der Waals surface area contributed by atoms with Crippen LogP contribution in [0.5, 0.6) is 0 Å². The summed E-state index contributed by atoms with van der Waals surface area (Å²) in [6.45, 7) is -0.0202. The van der Waals surface area contributed by atoms with E-state index in [-0.39, 0.29) is 12.1 Å². The number of aryl methyl sites for hydroxylation is 1. The Bertz CT molecular complexity index is 794. The van der Waals surface area contributed by atoms with E-state index in [1.54, 1.807) is 12.1 Å². The Labute approximate surface area is 166 Å².